The first kappa shape index (κ1) is 17.5. The highest BCUT2D eigenvalue weighted by Gasteiger charge is 2.12. The van der Waals surface area contributed by atoms with Gasteiger partial charge in [0.1, 0.15) is 0 Å². The fraction of sp³-hybridized carbons (Fsp3) is 0.350. The summed E-state index contributed by atoms with van der Waals surface area (Å²) in [4.78, 5) is 13.5. The first-order chi connectivity index (χ1) is 12.1. The van der Waals surface area contributed by atoms with Gasteiger partial charge < -0.3 is 15.8 Å². The summed E-state index contributed by atoms with van der Waals surface area (Å²) in [5.74, 6) is 0. The predicted molar refractivity (Wildman–Crippen MR) is 101 cm³/mol. The molecule has 1 aromatic rings. The molecular formula is C20H25N3O2. The summed E-state index contributed by atoms with van der Waals surface area (Å²) in [5, 5.41) is 2.65. The van der Waals surface area contributed by atoms with Crippen LogP contribution < -0.4 is 11.1 Å². The molecule has 2 amide bonds. The molecule has 3 N–H and O–H groups in total. The van der Waals surface area contributed by atoms with Gasteiger partial charge in [0.2, 0.25) is 0 Å². The summed E-state index contributed by atoms with van der Waals surface area (Å²) in [6.45, 7) is 6.66. The van der Waals surface area contributed by atoms with Crippen LogP contribution in [0.1, 0.15) is 17.5 Å². The van der Waals surface area contributed by atoms with Crippen molar-refractivity contribution >= 4 is 17.3 Å². The number of nitrogens with one attached hydrogen (secondary N) is 1. The van der Waals surface area contributed by atoms with Gasteiger partial charge in [0.15, 0.2) is 0 Å². The minimum Gasteiger partial charge on any atom is -0.379 e. The lowest BCUT2D eigenvalue weighted by molar-refractivity contribution is 0.0426. The molecule has 5 nitrogen and oxygen atoms in total. The largest absolute Gasteiger partial charge is 0.379 e. The van der Waals surface area contributed by atoms with Crippen molar-refractivity contribution in [2.45, 2.75) is 13.3 Å². The van der Waals surface area contributed by atoms with Gasteiger partial charge in [-0.25, -0.2) is 4.79 Å². The molecule has 1 aliphatic carbocycles. The number of benzene rings is 1. The predicted octanol–water partition coefficient (Wildman–Crippen LogP) is 3.09. The van der Waals surface area contributed by atoms with E-state index in [9.17, 15) is 4.79 Å². The lowest BCUT2D eigenvalue weighted by Gasteiger charge is -2.26. The third-order valence-electron chi connectivity index (χ3n) is 4.52. The summed E-state index contributed by atoms with van der Waals surface area (Å²) < 4.78 is 5.41. The molecule has 1 saturated heterocycles. The molecule has 25 heavy (non-hydrogen) atoms. The van der Waals surface area contributed by atoms with Crippen LogP contribution >= 0.6 is 0 Å². The van der Waals surface area contributed by atoms with E-state index in [-0.39, 0.29) is 0 Å². The second kappa shape index (κ2) is 8.14. The standard InChI is InChI=1S/C20H25N3O2/c1-15-5-8-18(22-20(21)24)13-19(15)17-4-2-3-16(6-7-17)14-23-9-11-25-12-10-23/h3-8,13H,2,9-12,14H2,1H3,(H3,21,22,24). The van der Waals surface area contributed by atoms with Crippen LogP contribution in [0.4, 0.5) is 10.5 Å². The zero-order chi connectivity index (χ0) is 17.6. The summed E-state index contributed by atoms with van der Waals surface area (Å²) in [6.07, 6.45) is 9.76. The van der Waals surface area contributed by atoms with Crippen LogP contribution in [0.15, 0.2) is 48.1 Å². The van der Waals surface area contributed by atoms with E-state index in [0.717, 1.165) is 44.8 Å². The Bertz CT molecular complexity index is 728. The Morgan fingerprint density at radius 3 is 2.80 bits per heavy atom. The van der Waals surface area contributed by atoms with Gasteiger partial charge in [0, 0.05) is 25.3 Å². The Kier molecular flexibility index (Phi) is 5.68. The zero-order valence-corrected chi connectivity index (χ0v) is 14.6. The van der Waals surface area contributed by atoms with E-state index in [1.54, 1.807) is 0 Å². The maximum atomic E-state index is 11.1. The number of anilines is 1. The highest BCUT2D eigenvalue weighted by Crippen LogP contribution is 2.26. The average Bonchev–Trinajstić information content (AvgIpc) is 2.83. The number of rotatable bonds is 4. The van der Waals surface area contributed by atoms with Gasteiger partial charge in [-0.15, -0.1) is 0 Å². The highest BCUT2D eigenvalue weighted by molar-refractivity contribution is 5.89. The van der Waals surface area contributed by atoms with E-state index < -0.39 is 6.03 Å². The molecule has 3 rings (SSSR count). The van der Waals surface area contributed by atoms with Crippen molar-refractivity contribution in [1.82, 2.24) is 4.90 Å². The molecule has 0 spiro atoms. The number of amides is 2. The Hall–Kier alpha value is -2.37. The number of allylic oxidation sites excluding steroid dienone is 4. The van der Waals surface area contributed by atoms with Crippen molar-refractivity contribution in [1.29, 1.82) is 0 Å². The Balaban J connectivity index is 1.73. The van der Waals surface area contributed by atoms with Gasteiger partial charge >= 0.3 is 6.03 Å². The SMILES string of the molecule is Cc1ccc(NC(N)=O)cc1C1=CCC=C(CN2CCOCC2)C=C1. The smallest absolute Gasteiger partial charge is 0.316 e. The second-order valence-electron chi connectivity index (χ2n) is 6.42. The monoisotopic (exact) mass is 339 g/mol. The Morgan fingerprint density at radius 2 is 2.04 bits per heavy atom. The topological polar surface area (TPSA) is 67.6 Å². The van der Waals surface area contributed by atoms with Gasteiger partial charge in [0.25, 0.3) is 0 Å². The van der Waals surface area contributed by atoms with Crippen LogP contribution in [-0.4, -0.2) is 43.8 Å². The molecule has 0 bridgehead atoms. The van der Waals surface area contributed by atoms with Crippen LogP contribution in [-0.2, 0) is 4.74 Å². The molecule has 1 fully saturated rings. The quantitative estimate of drug-likeness (QED) is 0.886. The molecule has 1 aromatic carbocycles. The Labute approximate surface area is 148 Å². The molecule has 132 valence electrons. The normalized spacial score (nSPS) is 18.3. The van der Waals surface area contributed by atoms with Crippen molar-refractivity contribution in [2.75, 3.05) is 38.2 Å². The number of morpholine rings is 1. The van der Waals surface area contributed by atoms with Crippen LogP contribution in [0.3, 0.4) is 0 Å². The van der Waals surface area contributed by atoms with E-state index in [2.05, 4.69) is 41.4 Å². The van der Waals surface area contributed by atoms with Gasteiger partial charge in [-0.3, -0.25) is 4.90 Å². The average molecular weight is 339 g/mol. The van der Waals surface area contributed by atoms with Gasteiger partial charge in [-0.05, 0) is 47.8 Å². The second-order valence-corrected chi connectivity index (χ2v) is 6.42. The maximum Gasteiger partial charge on any atom is 0.316 e. The van der Waals surface area contributed by atoms with Crippen LogP contribution in [0.2, 0.25) is 0 Å². The fourth-order valence-electron chi connectivity index (χ4n) is 3.16. The highest BCUT2D eigenvalue weighted by atomic mass is 16.5. The number of ether oxygens (including phenoxy) is 1. The summed E-state index contributed by atoms with van der Waals surface area (Å²) >= 11 is 0. The van der Waals surface area contributed by atoms with E-state index in [1.165, 1.54) is 16.7 Å². The van der Waals surface area contributed by atoms with Crippen LogP contribution in [0, 0.1) is 6.92 Å². The summed E-state index contributed by atoms with van der Waals surface area (Å²) in [6, 6.07) is 5.30. The minimum absolute atomic E-state index is 0.547. The molecule has 5 heteroatoms. The molecule has 2 aliphatic rings. The zero-order valence-electron chi connectivity index (χ0n) is 14.6. The lowest BCUT2D eigenvalue weighted by Crippen LogP contribution is -2.37. The maximum absolute atomic E-state index is 11.1. The lowest BCUT2D eigenvalue weighted by atomic mass is 9.99. The number of nitrogens with two attached hydrogens (primary N) is 1. The minimum atomic E-state index is -0.547. The third-order valence-corrected chi connectivity index (χ3v) is 4.52. The molecule has 0 saturated carbocycles. The van der Waals surface area contributed by atoms with Gasteiger partial charge in [-0.2, -0.15) is 0 Å². The van der Waals surface area contributed by atoms with Crippen molar-refractivity contribution in [3.05, 3.63) is 59.2 Å². The molecule has 0 radical (unpaired) electrons. The number of primary amides is 1. The van der Waals surface area contributed by atoms with Gasteiger partial charge in [0.05, 0.1) is 13.2 Å². The van der Waals surface area contributed by atoms with E-state index in [4.69, 9.17) is 10.5 Å². The van der Waals surface area contributed by atoms with Crippen molar-refractivity contribution in [3.63, 3.8) is 0 Å². The number of hydrogen-bond donors (Lipinski definition) is 2. The number of urea groups is 1. The van der Waals surface area contributed by atoms with Gasteiger partial charge in [-0.1, -0.05) is 30.4 Å². The fourth-order valence-corrected chi connectivity index (χ4v) is 3.16. The van der Waals surface area contributed by atoms with Crippen molar-refractivity contribution < 1.29 is 9.53 Å². The van der Waals surface area contributed by atoms with E-state index in [1.807, 2.05) is 18.2 Å². The molecule has 1 aliphatic heterocycles. The summed E-state index contributed by atoms with van der Waals surface area (Å²) in [7, 11) is 0. The van der Waals surface area contributed by atoms with Crippen LogP contribution in [0.5, 0.6) is 0 Å². The van der Waals surface area contributed by atoms with E-state index >= 15 is 0 Å². The molecule has 0 atom stereocenters. The molecular weight excluding hydrogens is 314 g/mol. The van der Waals surface area contributed by atoms with E-state index in [0.29, 0.717) is 5.69 Å². The number of carbonyl (C=O) groups excluding carboxylic acids is 1. The Morgan fingerprint density at radius 1 is 1.24 bits per heavy atom. The van der Waals surface area contributed by atoms with Crippen molar-refractivity contribution in [3.8, 4) is 0 Å². The number of hydrogen-bond acceptors (Lipinski definition) is 3. The first-order valence-corrected chi connectivity index (χ1v) is 8.66. The summed E-state index contributed by atoms with van der Waals surface area (Å²) in [5.41, 5.74) is 10.7. The first-order valence-electron chi connectivity index (χ1n) is 8.66. The molecule has 1 heterocycles. The number of nitrogens with zero attached hydrogens (tertiary/aromatic N) is 1. The van der Waals surface area contributed by atoms with Crippen LogP contribution in [0.25, 0.3) is 5.57 Å². The third kappa shape index (κ3) is 4.81. The molecule has 0 unspecified atom stereocenters. The van der Waals surface area contributed by atoms with Crippen molar-refractivity contribution in [2.24, 2.45) is 5.73 Å². The molecule has 0 aromatic heterocycles. The number of aryl methyl sites for hydroxylation is 1. The number of carbonyl (C=O) groups is 1.